The Bertz CT molecular complexity index is 618. The molecule has 94 valence electrons. The monoisotopic (exact) mass is 263 g/mol. The second kappa shape index (κ2) is 4.32. The van der Waals surface area contributed by atoms with Crippen LogP contribution in [-0.2, 0) is 17.6 Å². The Morgan fingerprint density at radius 2 is 2.33 bits per heavy atom. The van der Waals surface area contributed by atoms with Crippen LogP contribution in [0.4, 0.5) is 0 Å². The standard InChI is InChI=1S/C14H14ClNO2/c15-9-2-4-11-10-3-1-8(6-14(17)18)5-12(10)16-13(11)7-9/h2,4,7-8,16H,1,3,5-6H2,(H,17,18). The Kier molecular flexibility index (Phi) is 2.78. The smallest absolute Gasteiger partial charge is 0.303 e. The maximum absolute atomic E-state index is 10.8. The van der Waals surface area contributed by atoms with E-state index < -0.39 is 5.97 Å². The number of H-pyrrole nitrogens is 1. The predicted octanol–water partition coefficient (Wildman–Crippen LogP) is 3.40. The molecule has 3 rings (SSSR count). The molecule has 1 aromatic carbocycles. The molecule has 1 unspecified atom stereocenters. The van der Waals surface area contributed by atoms with Gasteiger partial charge in [-0.3, -0.25) is 4.79 Å². The highest BCUT2D eigenvalue weighted by Gasteiger charge is 2.23. The Labute approximate surface area is 110 Å². The molecule has 1 aromatic heterocycles. The zero-order valence-electron chi connectivity index (χ0n) is 9.87. The molecule has 0 aliphatic heterocycles. The number of carboxylic acids is 1. The van der Waals surface area contributed by atoms with Gasteiger partial charge in [-0.15, -0.1) is 0 Å². The minimum absolute atomic E-state index is 0.249. The molecule has 4 heteroatoms. The maximum atomic E-state index is 10.8. The molecule has 3 nitrogen and oxygen atoms in total. The van der Waals surface area contributed by atoms with E-state index in [-0.39, 0.29) is 12.3 Å². The van der Waals surface area contributed by atoms with E-state index in [9.17, 15) is 4.79 Å². The molecule has 1 heterocycles. The Balaban J connectivity index is 1.97. The van der Waals surface area contributed by atoms with Crippen LogP contribution in [0.5, 0.6) is 0 Å². The summed E-state index contributed by atoms with van der Waals surface area (Å²) in [4.78, 5) is 14.2. The van der Waals surface area contributed by atoms with Crippen LogP contribution >= 0.6 is 11.6 Å². The summed E-state index contributed by atoms with van der Waals surface area (Å²) in [6.07, 6.45) is 2.99. The lowest BCUT2D eigenvalue weighted by molar-refractivity contribution is -0.138. The summed E-state index contributed by atoms with van der Waals surface area (Å²) in [6.45, 7) is 0. The number of rotatable bonds is 2. The lowest BCUT2D eigenvalue weighted by atomic mass is 9.85. The van der Waals surface area contributed by atoms with Gasteiger partial charge in [0.1, 0.15) is 0 Å². The van der Waals surface area contributed by atoms with Crippen LogP contribution in [0.15, 0.2) is 18.2 Å². The first-order valence-electron chi connectivity index (χ1n) is 6.14. The normalized spacial score (nSPS) is 18.8. The second-order valence-corrected chi connectivity index (χ2v) is 5.42. The van der Waals surface area contributed by atoms with Crippen LogP contribution in [0.25, 0.3) is 10.9 Å². The lowest BCUT2D eigenvalue weighted by Crippen LogP contribution is -2.17. The summed E-state index contributed by atoms with van der Waals surface area (Å²) in [5.41, 5.74) is 3.58. The number of halogens is 1. The number of carboxylic acid groups (broad SMARTS) is 1. The van der Waals surface area contributed by atoms with Crippen LogP contribution in [0, 0.1) is 5.92 Å². The van der Waals surface area contributed by atoms with Crippen LogP contribution in [0.3, 0.4) is 0 Å². The van der Waals surface area contributed by atoms with Gasteiger partial charge in [-0.25, -0.2) is 0 Å². The third-order valence-corrected chi connectivity index (χ3v) is 3.95. The van der Waals surface area contributed by atoms with E-state index in [1.807, 2.05) is 18.2 Å². The van der Waals surface area contributed by atoms with Gasteiger partial charge in [-0.1, -0.05) is 17.7 Å². The van der Waals surface area contributed by atoms with Gasteiger partial charge in [0.2, 0.25) is 0 Å². The van der Waals surface area contributed by atoms with E-state index in [4.69, 9.17) is 16.7 Å². The molecule has 0 bridgehead atoms. The molecule has 0 radical (unpaired) electrons. The largest absolute Gasteiger partial charge is 0.481 e. The number of aryl methyl sites for hydroxylation is 1. The number of nitrogens with one attached hydrogen (secondary N) is 1. The fourth-order valence-electron chi connectivity index (χ4n) is 2.90. The van der Waals surface area contributed by atoms with Crippen molar-refractivity contribution < 1.29 is 9.90 Å². The minimum atomic E-state index is -0.706. The minimum Gasteiger partial charge on any atom is -0.481 e. The third kappa shape index (κ3) is 1.99. The van der Waals surface area contributed by atoms with Crippen molar-refractivity contribution in [2.24, 2.45) is 5.92 Å². The quantitative estimate of drug-likeness (QED) is 0.872. The van der Waals surface area contributed by atoms with Crippen molar-refractivity contribution in [1.29, 1.82) is 0 Å². The highest BCUT2D eigenvalue weighted by Crippen LogP contribution is 2.33. The van der Waals surface area contributed by atoms with E-state index >= 15 is 0 Å². The predicted molar refractivity (Wildman–Crippen MR) is 71.1 cm³/mol. The summed E-state index contributed by atoms with van der Waals surface area (Å²) in [5.74, 6) is -0.457. The molecule has 1 atom stereocenters. The van der Waals surface area contributed by atoms with Crippen LogP contribution in [-0.4, -0.2) is 16.1 Å². The molecular formula is C14H14ClNO2. The first-order valence-corrected chi connectivity index (χ1v) is 6.52. The first-order chi connectivity index (χ1) is 8.63. The van der Waals surface area contributed by atoms with E-state index in [0.29, 0.717) is 0 Å². The van der Waals surface area contributed by atoms with Gasteiger partial charge < -0.3 is 10.1 Å². The van der Waals surface area contributed by atoms with Gasteiger partial charge in [0.25, 0.3) is 0 Å². The highest BCUT2D eigenvalue weighted by atomic mass is 35.5. The van der Waals surface area contributed by atoms with Crippen LogP contribution in [0.1, 0.15) is 24.1 Å². The first kappa shape index (κ1) is 11.6. The number of aromatic nitrogens is 1. The van der Waals surface area contributed by atoms with Crippen molar-refractivity contribution >= 4 is 28.5 Å². The van der Waals surface area contributed by atoms with Crippen molar-refractivity contribution in [3.63, 3.8) is 0 Å². The van der Waals surface area contributed by atoms with E-state index in [1.165, 1.54) is 16.6 Å². The van der Waals surface area contributed by atoms with Crippen LogP contribution in [0.2, 0.25) is 5.02 Å². The molecule has 18 heavy (non-hydrogen) atoms. The molecular weight excluding hydrogens is 250 g/mol. The Hall–Kier alpha value is -1.48. The van der Waals surface area contributed by atoms with Crippen molar-refractivity contribution in [2.75, 3.05) is 0 Å². The second-order valence-electron chi connectivity index (χ2n) is 4.98. The number of fused-ring (bicyclic) bond motifs is 3. The summed E-state index contributed by atoms with van der Waals surface area (Å²) >= 11 is 5.98. The molecule has 1 aliphatic carbocycles. The molecule has 0 amide bonds. The topological polar surface area (TPSA) is 53.1 Å². The van der Waals surface area contributed by atoms with Gasteiger partial charge in [0.05, 0.1) is 0 Å². The lowest BCUT2D eigenvalue weighted by Gasteiger charge is -2.20. The highest BCUT2D eigenvalue weighted by molar-refractivity contribution is 6.31. The summed E-state index contributed by atoms with van der Waals surface area (Å²) in [6, 6.07) is 5.88. The number of aliphatic carboxylic acids is 1. The van der Waals surface area contributed by atoms with Gasteiger partial charge >= 0.3 is 5.97 Å². The molecule has 0 spiro atoms. The SMILES string of the molecule is O=C(O)CC1CCc2c([nH]c3cc(Cl)ccc23)C1. The average Bonchev–Trinajstić information content (AvgIpc) is 2.64. The van der Waals surface area contributed by atoms with E-state index in [2.05, 4.69) is 4.98 Å². The van der Waals surface area contributed by atoms with Crippen molar-refractivity contribution in [2.45, 2.75) is 25.7 Å². The number of hydrogen-bond acceptors (Lipinski definition) is 1. The molecule has 0 saturated carbocycles. The van der Waals surface area contributed by atoms with Crippen molar-refractivity contribution in [1.82, 2.24) is 4.98 Å². The fraction of sp³-hybridized carbons (Fsp3) is 0.357. The third-order valence-electron chi connectivity index (χ3n) is 3.72. The van der Waals surface area contributed by atoms with E-state index in [1.54, 1.807) is 0 Å². The van der Waals surface area contributed by atoms with Crippen LogP contribution < -0.4 is 0 Å². The molecule has 2 aromatic rings. The van der Waals surface area contributed by atoms with Gasteiger partial charge in [-0.2, -0.15) is 0 Å². The summed E-state index contributed by atoms with van der Waals surface area (Å²) < 4.78 is 0. The van der Waals surface area contributed by atoms with Gasteiger partial charge in [0, 0.05) is 28.0 Å². The molecule has 1 aliphatic rings. The Morgan fingerprint density at radius 1 is 1.50 bits per heavy atom. The Morgan fingerprint density at radius 3 is 3.11 bits per heavy atom. The number of benzene rings is 1. The fourth-order valence-corrected chi connectivity index (χ4v) is 3.08. The summed E-state index contributed by atoms with van der Waals surface area (Å²) in [5, 5.41) is 10.8. The number of hydrogen-bond donors (Lipinski definition) is 2. The van der Waals surface area contributed by atoms with Gasteiger partial charge in [-0.05, 0) is 42.9 Å². The van der Waals surface area contributed by atoms with Gasteiger partial charge in [0.15, 0.2) is 0 Å². The molecule has 0 fully saturated rings. The van der Waals surface area contributed by atoms with E-state index in [0.717, 1.165) is 29.8 Å². The number of aromatic amines is 1. The molecule has 2 N–H and O–H groups in total. The summed E-state index contributed by atoms with van der Waals surface area (Å²) in [7, 11) is 0. The zero-order valence-corrected chi connectivity index (χ0v) is 10.6. The average molecular weight is 264 g/mol. The van der Waals surface area contributed by atoms with Crippen molar-refractivity contribution in [3.8, 4) is 0 Å². The van der Waals surface area contributed by atoms with Crippen molar-refractivity contribution in [3.05, 3.63) is 34.5 Å². The zero-order chi connectivity index (χ0) is 12.7. The molecule has 0 saturated heterocycles. The number of carbonyl (C=O) groups is 1. The maximum Gasteiger partial charge on any atom is 0.303 e.